The average Bonchev–Trinajstić information content (AvgIpc) is 2.81. The molecule has 100 valence electrons. The number of carbonyl (C=O) groups is 1. The number of carboxylic acid groups (broad SMARTS) is 1. The predicted molar refractivity (Wildman–Crippen MR) is 76.1 cm³/mol. The van der Waals surface area contributed by atoms with Gasteiger partial charge in [-0.25, -0.2) is 14.2 Å². The van der Waals surface area contributed by atoms with E-state index in [2.05, 4.69) is 25.9 Å². The Labute approximate surface area is 121 Å². The highest BCUT2D eigenvalue weighted by Gasteiger charge is 2.16. The number of benzene rings is 2. The molecule has 4 nitrogen and oxygen atoms in total. The first kappa shape index (κ1) is 12.8. The molecule has 0 aliphatic heterocycles. The first-order valence-electron chi connectivity index (χ1n) is 5.73. The minimum atomic E-state index is -1.21. The average molecular weight is 335 g/mol. The molecule has 20 heavy (non-hydrogen) atoms. The summed E-state index contributed by atoms with van der Waals surface area (Å²) in [5.41, 5.74) is 1.22. The first-order chi connectivity index (χ1) is 9.56. The van der Waals surface area contributed by atoms with Gasteiger partial charge in [-0.2, -0.15) is 0 Å². The van der Waals surface area contributed by atoms with Crippen molar-refractivity contribution in [2.75, 3.05) is 0 Å². The first-order valence-corrected chi connectivity index (χ1v) is 6.53. The number of hydrogen-bond acceptors (Lipinski definition) is 2. The highest BCUT2D eigenvalue weighted by Crippen LogP contribution is 2.29. The molecule has 2 aromatic carbocycles. The molecule has 0 saturated heterocycles. The van der Waals surface area contributed by atoms with E-state index in [1.165, 1.54) is 6.07 Å². The van der Waals surface area contributed by atoms with Crippen molar-refractivity contribution in [2.45, 2.75) is 0 Å². The van der Waals surface area contributed by atoms with Gasteiger partial charge in [0.15, 0.2) is 0 Å². The Morgan fingerprint density at radius 2 is 2.05 bits per heavy atom. The summed E-state index contributed by atoms with van der Waals surface area (Å²) in [5, 5.41) is 9.11. The molecule has 0 spiro atoms. The van der Waals surface area contributed by atoms with E-state index in [-0.39, 0.29) is 11.1 Å². The van der Waals surface area contributed by atoms with E-state index in [4.69, 9.17) is 5.11 Å². The largest absolute Gasteiger partial charge is 0.478 e. The van der Waals surface area contributed by atoms with E-state index < -0.39 is 11.8 Å². The molecule has 0 amide bonds. The minimum Gasteiger partial charge on any atom is -0.478 e. The van der Waals surface area contributed by atoms with E-state index in [0.29, 0.717) is 11.3 Å². The maximum Gasteiger partial charge on any atom is 0.338 e. The Balaban J connectivity index is 2.28. The van der Waals surface area contributed by atoms with Crippen molar-refractivity contribution >= 4 is 32.9 Å². The third-order valence-electron chi connectivity index (χ3n) is 2.91. The van der Waals surface area contributed by atoms with Gasteiger partial charge in [0, 0.05) is 10.0 Å². The fourth-order valence-electron chi connectivity index (χ4n) is 2.03. The van der Waals surface area contributed by atoms with Crippen LogP contribution in [0.3, 0.4) is 0 Å². The summed E-state index contributed by atoms with van der Waals surface area (Å²) in [6.45, 7) is 0. The second-order valence-corrected chi connectivity index (χ2v) is 5.07. The van der Waals surface area contributed by atoms with Gasteiger partial charge in [0.25, 0.3) is 0 Å². The van der Waals surface area contributed by atoms with Gasteiger partial charge in [-0.1, -0.05) is 34.1 Å². The smallest absolute Gasteiger partial charge is 0.338 e. The van der Waals surface area contributed by atoms with Gasteiger partial charge in [0.2, 0.25) is 0 Å². The van der Waals surface area contributed by atoms with Crippen LogP contribution in [-0.2, 0) is 0 Å². The number of aromatic carboxylic acids is 1. The van der Waals surface area contributed by atoms with Gasteiger partial charge in [0.1, 0.15) is 17.2 Å². The lowest BCUT2D eigenvalue weighted by molar-refractivity contribution is 0.0698. The molecule has 1 aromatic heterocycles. The van der Waals surface area contributed by atoms with Crippen LogP contribution in [0.1, 0.15) is 10.4 Å². The van der Waals surface area contributed by atoms with Crippen LogP contribution in [0.25, 0.3) is 22.4 Å². The summed E-state index contributed by atoms with van der Waals surface area (Å²) < 4.78 is 14.2. The van der Waals surface area contributed by atoms with Crippen molar-refractivity contribution in [3.05, 3.63) is 52.3 Å². The van der Waals surface area contributed by atoms with Crippen LogP contribution in [-0.4, -0.2) is 21.0 Å². The van der Waals surface area contributed by atoms with Crippen molar-refractivity contribution in [3.63, 3.8) is 0 Å². The third kappa shape index (κ3) is 2.08. The van der Waals surface area contributed by atoms with Crippen molar-refractivity contribution in [1.82, 2.24) is 9.97 Å². The van der Waals surface area contributed by atoms with Crippen molar-refractivity contribution in [3.8, 4) is 11.4 Å². The molecule has 2 N–H and O–H groups in total. The van der Waals surface area contributed by atoms with Crippen molar-refractivity contribution in [1.29, 1.82) is 0 Å². The van der Waals surface area contributed by atoms with Crippen LogP contribution < -0.4 is 0 Å². The van der Waals surface area contributed by atoms with Gasteiger partial charge in [-0.05, 0) is 18.2 Å². The Morgan fingerprint density at radius 3 is 2.75 bits per heavy atom. The number of rotatable bonds is 2. The van der Waals surface area contributed by atoms with Crippen LogP contribution in [0.5, 0.6) is 0 Å². The quantitative estimate of drug-likeness (QED) is 0.748. The monoisotopic (exact) mass is 334 g/mol. The number of halogens is 2. The number of hydrogen-bond donors (Lipinski definition) is 2. The molecule has 0 aliphatic rings. The van der Waals surface area contributed by atoms with Crippen molar-refractivity contribution < 1.29 is 14.3 Å². The van der Waals surface area contributed by atoms with Gasteiger partial charge in [0.05, 0.1) is 11.1 Å². The van der Waals surface area contributed by atoms with E-state index >= 15 is 0 Å². The molecule has 0 saturated carbocycles. The maximum absolute atomic E-state index is 13.4. The lowest BCUT2D eigenvalue weighted by Crippen LogP contribution is -1.98. The second kappa shape index (κ2) is 4.72. The molecule has 0 atom stereocenters. The molecule has 0 radical (unpaired) electrons. The molecule has 3 rings (SSSR count). The highest BCUT2D eigenvalue weighted by molar-refractivity contribution is 9.10. The van der Waals surface area contributed by atoms with E-state index in [0.717, 1.165) is 16.1 Å². The normalized spacial score (nSPS) is 10.9. The SMILES string of the molecule is O=C(O)c1cc(F)cc2[nH]c(-c3ccccc3Br)nc12. The van der Waals surface area contributed by atoms with Crippen LogP contribution in [0.15, 0.2) is 40.9 Å². The molecule has 3 aromatic rings. The lowest BCUT2D eigenvalue weighted by atomic mass is 10.2. The number of imidazole rings is 1. The fraction of sp³-hybridized carbons (Fsp3) is 0. The molecule has 6 heteroatoms. The minimum absolute atomic E-state index is 0.158. The number of fused-ring (bicyclic) bond motifs is 1. The van der Waals surface area contributed by atoms with Gasteiger partial charge >= 0.3 is 5.97 Å². The predicted octanol–water partition coefficient (Wildman–Crippen LogP) is 3.83. The number of aromatic nitrogens is 2. The lowest BCUT2D eigenvalue weighted by Gasteiger charge is -1.98. The standard InChI is InChI=1S/C14H8BrFN2O2/c15-10-4-2-1-3-8(10)13-17-11-6-7(16)5-9(14(19)20)12(11)18-13/h1-6H,(H,17,18)(H,19,20). The topological polar surface area (TPSA) is 66.0 Å². The van der Waals surface area contributed by atoms with Crippen LogP contribution >= 0.6 is 15.9 Å². The maximum atomic E-state index is 13.4. The molecule has 0 unspecified atom stereocenters. The number of nitrogens with one attached hydrogen (secondary N) is 1. The zero-order chi connectivity index (χ0) is 14.3. The zero-order valence-electron chi connectivity index (χ0n) is 10.0. The summed E-state index contributed by atoms with van der Waals surface area (Å²) in [6, 6.07) is 9.58. The van der Waals surface area contributed by atoms with Crippen LogP contribution in [0, 0.1) is 5.82 Å². The molecular formula is C14H8BrFN2O2. The van der Waals surface area contributed by atoms with E-state index in [1.807, 2.05) is 24.3 Å². The summed E-state index contributed by atoms with van der Waals surface area (Å²) >= 11 is 3.40. The molecule has 0 fully saturated rings. The molecule has 1 heterocycles. The number of H-pyrrole nitrogens is 1. The third-order valence-corrected chi connectivity index (χ3v) is 3.60. The Bertz CT molecular complexity index is 829. The summed E-state index contributed by atoms with van der Waals surface area (Å²) in [6.07, 6.45) is 0. The van der Waals surface area contributed by atoms with Crippen LogP contribution in [0.2, 0.25) is 0 Å². The van der Waals surface area contributed by atoms with Gasteiger partial charge in [-0.15, -0.1) is 0 Å². The molecule has 0 bridgehead atoms. The molecular weight excluding hydrogens is 327 g/mol. The number of carboxylic acids is 1. The van der Waals surface area contributed by atoms with Gasteiger partial charge < -0.3 is 10.1 Å². The fourth-order valence-corrected chi connectivity index (χ4v) is 2.50. The summed E-state index contributed by atoms with van der Waals surface area (Å²) in [4.78, 5) is 18.4. The summed E-state index contributed by atoms with van der Waals surface area (Å²) in [7, 11) is 0. The molecule has 0 aliphatic carbocycles. The second-order valence-electron chi connectivity index (χ2n) is 4.22. The Kier molecular flexibility index (Phi) is 3.02. The van der Waals surface area contributed by atoms with Gasteiger partial charge in [-0.3, -0.25) is 0 Å². The number of aromatic amines is 1. The van der Waals surface area contributed by atoms with E-state index in [1.54, 1.807) is 0 Å². The Morgan fingerprint density at radius 1 is 1.30 bits per heavy atom. The Hall–Kier alpha value is -2.21. The van der Waals surface area contributed by atoms with Crippen molar-refractivity contribution in [2.24, 2.45) is 0 Å². The number of nitrogens with zero attached hydrogens (tertiary/aromatic N) is 1. The highest BCUT2D eigenvalue weighted by atomic mass is 79.9. The zero-order valence-corrected chi connectivity index (χ0v) is 11.6. The van der Waals surface area contributed by atoms with E-state index in [9.17, 15) is 9.18 Å². The van der Waals surface area contributed by atoms with Crippen LogP contribution in [0.4, 0.5) is 4.39 Å². The summed E-state index contributed by atoms with van der Waals surface area (Å²) in [5.74, 6) is -1.34.